The summed E-state index contributed by atoms with van der Waals surface area (Å²) in [5.74, 6) is -0.698. The second-order valence-corrected chi connectivity index (χ2v) is 4.61. The van der Waals surface area contributed by atoms with Gasteiger partial charge in [0.2, 0.25) is 0 Å². The molecule has 0 saturated heterocycles. The Morgan fingerprint density at radius 2 is 2.33 bits per heavy atom. The van der Waals surface area contributed by atoms with E-state index < -0.39 is 10.7 Å². The first kappa shape index (κ1) is 15.1. The minimum atomic E-state index is -0.698. The van der Waals surface area contributed by atoms with Crippen molar-refractivity contribution >= 4 is 22.3 Å². The highest BCUT2D eigenvalue weighted by Gasteiger charge is 2.20. The number of aromatic nitrogens is 1. The van der Waals surface area contributed by atoms with Crippen LogP contribution < -0.4 is 5.32 Å². The van der Waals surface area contributed by atoms with E-state index in [4.69, 9.17) is 4.74 Å². The number of nitro benzene ring substituents is 1. The number of anilines is 1. The maximum absolute atomic E-state index is 14.2. The normalized spacial score (nSPS) is 12.3. The van der Waals surface area contributed by atoms with Crippen molar-refractivity contribution in [2.45, 2.75) is 19.9 Å². The van der Waals surface area contributed by atoms with E-state index in [9.17, 15) is 14.5 Å². The zero-order chi connectivity index (χ0) is 15.4. The van der Waals surface area contributed by atoms with E-state index in [1.165, 1.54) is 6.20 Å². The van der Waals surface area contributed by atoms with E-state index in [0.29, 0.717) is 18.6 Å². The summed E-state index contributed by atoms with van der Waals surface area (Å²) in [6.07, 6.45) is 1.48. The Bertz CT molecular complexity index is 663. The molecule has 0 radical (unpaired) electrons. The Balaban J connectivity index is 2.47. The van der Waals surface area contributed by atoms with Crippen molar-refractivity contribution in [3.63, 3.8) is 0 Å². The number of halogens is 1. The molecule has 1 heterocycles. The zero-order valence-corrected chi connectivity index (χ0v) is 11.8. The number of ether oxygens (including phenoxy) is 1. The Kier molecular flexibility index (Phi) is 4.64. The van der Waals surface area contributed by atoms with Gasteiger partial charge >= 0.3 is 0 Å². The van der Waals surface area contributed by atoms with Crippen LogP contribution in [0, 0.1) is 15.9 Å². The zero-order valence-electron chi connectivity index (χ0n) is 11.8. The Morgan fingerprint density at radius 3 is 3.00 bits per heavy atom. The molecular weight excluding hydrogens is 277 g/mol. The standard InChI is InChI=1S/C14H16FN3O3/c1-3-21-8-9(2)17-14-11(15)7-12(18(19)20)10-5-4-6-16-13(10)14/h4-7,9,17H,3,8H2,1-2H3. The summed E-state index contributed by atoms with van der Waals surface area (Å²) in [7, 11) is 0. The molecule has 0 amide bonds. The van der Waals surface area contributed by atoms with Crippen molar-refractivity contribution in [2.75, 3.05) is 18.5 Å². The molecule has 0 aliphatic heterocycles. The average molecular weight is 293 g/mol. The Morgan fingerprint density at radius 1 is 1.57 bits per heavy atom. The van der Waals surface area contributed by atoms with Crippen molar-refractivity contribution in [1.29, 1.82) is 0 Å². The van der Waals surface area contributed by atoms with Crippen LogP contribution in [0.1, 0.15) is 13.8 Å². The Hall–Kier alpha value is -2.28. The second-order valence-electron chi connectivity index (χ2n) is 4.61. The van der Waals surface area contributed by atoms with Crippen LogP contribution in [0.25, 0.3) is 10.9 Å². The number of hydrogen-bond donors (Lipinski definition) is 1. The minimum absolute atomic E-state index is 0.147. The number of benzene rings is 1. The van der Waals surface area contributed by atoms with E-state index >= 15 is 0 Å². The van der Waals surface area contributed by atoms with Gasteiger partial charge in [-0.3, -0.25) is 15.1 Å². The molecule has 112 valence electrons. The number of non-ortho nitro benzene ring substituents is 1. The topological polar surface area (TPSA) is 77.3 Å². The number of nitro groups is 1. The van der Waals surface area contributed by atoms with Crippen molar-refractivity contribution in [3.8, 4) is 0 Å². The summed E-state index contributed by atoms with van der Waals surface area (Å²) < 4.78 is 19.4. The number of nitrogens with zero attached hydrogens (tertiary/aromatic N) is 2. The monoisotopic (exact) mass is 293 g/mol. The van der Waals surface area contributed by atoms with Crippen LogP contribution in [-0.4, -0.2) is 29.2 Å². The predicted molar refractivity (Wildman–Crippen MR) is 77.9 cm³/mol. The summed E-state index contributed by atoms with van der Waals surface area (Å²) in [6, 6.07) is 3.91. The maximum Gasteiger partial charge on any atom is 0.281 e. The summed E-state index contributed by atoms with van der Waals surface area (Å²) in [4.78, 5) is 14.5. The predicted octanol–water partition coefficient (Wildman–Crippen LogP) is 3.12. The van der Waals surface area contributed by atoms with Crippen LogP contribution in [0.5, 0.6) is 0 Å². The van der Waals surface area contributed by atoms with Crippen LogP contribution in [-0.2, 0) is 4.74 Å². The summed E-state index contributed by atoms with van der Waals surface area (Å²) in [5, 5.41) is 14.3. The lowest BCUT2D eigenvalue weighted by Crippen LogP contribution is -2.22. The average Bonchev–Trinajstić information content (AvgIpc) is 2.47. The van der Waals surface area contributed by atoms with Gasteiger partial charge in [0.15, 0.2) is 5.82 Å². The van der Waals surface area contributed by atoms with Crippen molar-refractivity contribution in [3.05, 3.63) is 40.3 Å². The quantitative estimate of drug-likeness (QED) is 0.654. The summed E-state index contributed by atoms with van der Waals surface area (Å²) in [5.41, 5.74) is 0.106. The number of nitrogens with one attached hydrogen (secondary N) is 1. The fraction of sp³-hybridized carbons (Fsp3) is 0.357. The fourth-order valence-corrected chi connectivity index (χ4v) is 2.07. The third kappa shape index (κ3) is 3.25. The van der Waals surface area contributed by atoms with Crippen molar-refractivity contribution < 1.29 is 14.1 Å². The van der Waals surface area contributed by atoms with Gasteiger partial charge in [0.25, 0.3) is 5.69 Å². The lowest BCUT2D eigenvalue weighted by atomic mass is 10.1. The molecule has 2 rings (SSSR count). The lowest BCUT2D eigenvalue weighted by molar-refractivity contribution is -0.383. The van der Waals surface area contributed by atoms with Crippen LogP contribution >= 0.6 is 0 Å². The number of pyridine rings is 1. The van der Waals surface area contributed by atoms with E-state index in [1.54, 1.807) is 12.1 Å². The number of fused-ring (bicyclic) bond motifs is 1. The van der Waals surface area contributed by atoms with Gasteiger partial charge in [0, 0.05) is 18.8 Å². The van der Waals surface area contributed by atoms with Gasteiger partial charge in [-0.1, -0.05) is 0 Å². The van der Waals surface area contributed by atoms with Gasteiger partial charge in [-0.05, 0) is 26.0 Å². The van der Waals surface area contributed by atoms with Crippen LogP contribution in [0.3, 0.4) is 0 Å². The molecule has 0 saturated carbocycles. The van der Waals surface area contributed by atoms with Gasteiger partial charge in [0.05, 0.1) is 28.7 Å². The molecule has 0 spiro atoms. The smallest absolute Gasteiger partial charge is 0.281 e. The van der Waals surface area contributed by atoms with Gasteiger partial charge in [-0.2, -0.15) is 0 Å². The SMILES string of the molecule is CCOCC(C)Nc1c(F)cc([N+](=O)[O-])c2cccnc12. The highest BCUT2D eigenvalue weighted by atomic mass is 19.1. The molecular formula is C14H16FN3O3. The fourth-order valence-electron chi connectivity index (χ4n) is 2.07. The molecule has 6 nitrogen and oxygen atoms in total. The molecule has 1 unspecified atom stereocenters. The molecule has 1 aromatic heterocycles. The molecule has 0 fully saturated rings. The lowest BCUT2D eigenvalue weighted by Gasteiger charge is -2.17. The molecule has 1 N–H and O–H groups in total. The van der Waals surface area contributed by atoms with Gasteiger partial charge in [-0.25, -0.2) is 4.39 Å². The maximum atomic E-state index is 14.2. The molecule has 21 heavy (non-hydrogen) atoms. The first-order valence-electron chi connectivity index (χ1n) is 6.60. The van der Waals surface area contributed by atoms with E-state index in [1.807, 2.05) is 13.8 Å². The molecule has 7 heteroatoms. The second kappa shape index (κ2) is 6.45. The van der Waals surface area contributed by atoms with Crippen molar-refractivity contribution in [2.24, 2.45) is 0 Å². The van der Waals surface area contributed by atoms with Crippen LogP contribution in [0.2, 0.25) is 0 Å². The molecule has 0 aliphatic carbocycles. The number of rotatable bonds is 6. The number of hydrogen-bond acceptors (Lipinski definition) is 5. The third-order valence-corrected chi connectivity index (χ3v) is 2.98. The van der Waals surface area contributed by atoms with Crippen LogP contribution in [0.4, 0.5) is 15.8 Å². The van der Waals surface area contributed by atoms with E-state index in [-0.39, 0.29) is 22.9 Å². The first-order valence-corrected chi connectivity index (χ1v) is 6.60. The molecule has 1 aromatic carbocycles. The third-order valence-electron chi connectivity index (χ3n) is 2.98. The largest absolute Gasteiger partial charge is 0.380 e. The minimum Gasteiger partial charge on any atom is -0.380 e. The van der Waals surface area contributed by atoms with Gasteiger partial charge in [-0.15, -0.1) is 0 Å². The van der Waals surface area contributed by atoms with Gasteiger partial charge in [0.1, 0.15) is 5.52 Å². The van der Waals surface area contributed by atoms with Crippen LogP contribution in [0.15, 0.2) is 24.4 Å². The first-order chi connectivity index (χ1) is 10.0. The molecule has 0 aliphatic rings. The highest BCUT2D eigenvalue weighted by molar-refractivity contribution is 5.97. The Labute approximate surface area is 121 Å². The summed E-state index contributed by atoms with van der Waals surface area (Å²) in [6.45, 7) is 4.68. The molecule has 1 atom stereocenters. The van der Waals surface area contributed by atoms with E-state index in [2.05, 4.69) is 10.3 Å². The highest BCUT2D eigenvalue weighted by Crippen LogP contribution is 2.32. The summed E-state index contributed by atoms with van der Waals surface area (Å²) >= 11 is 0. The van der Waals surface area contributed by atoms with Crippen molar-refractivity contribution in [1.82, 2.24) is 4.98 Å². The molecule has 2 aromatic rings. The molecule has 0 bridgehead atoms. The van der Waals surface area contributed by atoms with Gasteiger partial charge < -0.3 is 10.1 Å². The van der Waals surface area contributed by atoms with E-state index in [0.717, 1.165) is 6.07 Å².